The maximum absolute atomic E-state index is 5.72. The first-order chi connectivity index (χ1) is 8.98. The summed E-state index contributed by atoms with van der Waals surface area (Å²) >= 11 is 0. The van der Waals surface area contributed by atoms with Crippen molar-refractivity contribution >= 4 is 0 Å². The van der Waals surface area contributed by atoms with E-state index in [4.69, 9.17) is 10.5 Å². The van der Waals surface area contributed by atoms with Gasteiger partial charge in [0, 0.05) is 0 Å². The monoisotopic (exact) mass is 264 g/mol. The Morgan fingerprint density at radius 2 is 2.00 bits per heavy atom. The van der Waals surface area contributed by atoms with Crippen molar-refractivity contribution in [2.45, 2.75) is 33.6 Å². The Balaban J connectivity index is 2.35. The predicted octanol–water partition coefficient (Wildman–Crippen LogP) is 2.51. The summed E-state index contributed by atoms with van der Waals surface area (Å²) in [5.74, 6) is 0.981. The second kappa shape index (κ2) is 7.51. The van der Waals surface area contributed by atoms with Crippen LogP contribution in [0.4, 0.5) is 0 Å². The Hall–Kier alpha value is -1.06. The second-order valence-corrected chi connectivity index (χ2v) is 5.93. The molecule has 3 N–H and O–H groups in total. The molecule has 0 atom stereocenters. The number of hydrogen-bond acceptors (Lipinski definition) is 3. The third-order valence-corrected chi connectivity index (χ3v) is 3.54. The van der Waals surface area contributed by atoms with Crippen molar-refractivity contribution in [2.24, 2.45) is 11.1 Å². The van der Waals surface area contributed by atoms with Crippen LogP contribution >= 0.6 is 0 Å². The molecule has 1 aromatic rings. The van der Waals surface area contributed by atoms with Gasteiger partial charge in [0.15, 0.2) is 0 Å². The molecular weight excluding hydrogens is 236 g/mol. The molecule has 0 bridgehead atoms. The van der Waals surface area contributed by atoms with Crippen molar-refractivity contribution in [3.05, 3.63) is 29.3 Å². The number of methoxy groups -OCH3 is 1. The third kappa shape index (κ3) is 5.62. The largest absolute Gasteiger partial charge is 0.496 e. The summed E-state index contributed by atoms with van der Waals surface area (Å²) in [7, 11) is 1.73. The number of aryl methyl sites for hydroxylation is 1. The molecule has 0 aliphatic rings. The van der Waals surface area contributed by atoms with Crippen LogP contribution in [-0.4, -0.2) is 26.7 Å². The average Bonchev–Trinajstić information content (AvgIpc) is 2.38. The van der Waals surface area contributed by atoms with Gasteiger partial charge in [0.25, 0.3) is 0 Å². The maximum atomic E-state index is 5.72. The summed E-state index contributed by atoms with van der Waals surface area (Å²) in [4.78, 5) is 0. The SMILES string of the molecule is COc1ccc(C)cc1CCNCCC(C)(C)CN. The van der Waals surface area contributed by atoms with Crippen LogP contribution in [0.2, 0.25) is 0 Å². The van der Waals surface area contributed by atoms with Crippen LogP contribution in [0, 0.1) is 12.3 Å². The van der Waals surface area contributed by atoms with Crippen molar-refractivity contribution in [1.29, 1.82) is 0 Å². The quantitative estimate of drug-likeness (QED) is 0.709. The zero-order valence-corrected chi connectivity index (χ0v) is 12.8. The summed E-state index contributed by atoms with van der Waals surface area (Å²) in [5.41, 5.74) is 8.50. The molecule has 0 amide bonds. The molecule has 0 unspecified atom stereocenters. The molecule has 0 aliphatic heterocycles. The van der Waals surface area contributed by atoms with Gasteiger partial charge in [-0.25, -0.2) is 0 Å². The van der Waals surface area contributed by atoms with E-state index in [2.05, 4.69) is 38.2 Å². The topological polar surface area (TPSA) is 47.3 Å². The first-order valence-electron chi connectivity index (χ1n) is 7.03. The highest BCUT2D eigenvalue weighted by Crippen LogP contribution is 2.20. The highest BCUT2D eigenvalue weighted by Gasteiger charge is 2.14. The molecule has 0 aliphatic carbocycles. The van der Waals surface area contributed by atoms with Crippen LogP contribution in [0.15, 0.2) is 18.2 Å². The molecule has 0 heterocycles. The molecule has 19 heavy (non-hydrogen) atoms. The minimum Gasteiger partial charge on any atom is -0.496 e. The van der Waals surface area contributed by atoms with Crippen molar-refractivity contribution in [3.63, 3.8) is 0 Å². The lowest BCUT2D eigenvalue weighted by Gasteiger charge is -2.22. The smallest absolute Gasteiger partial charge is 0.122 e. The predicted molar refractivity (Wildman–Crippen MR) is 81.8 cm³/mol. The van der Waals surface area contributed by atoms with E-state index < -0.39 is 0 Å². The fourth-order valence-corrected chi connectivity index (χ4v) is 1.98. The summed E-state index contributed by atoms with van der Waals surface area (Å²) < 4.78 is 5.38. The number of nitrogens with one attached hydrogen (secondary N) is 1. The second-order valence-electron chi connectivity index (χ2n) is 5.93. The Labute approximate surface area is 117 Å². The van der Waals surface area contributed by atoms with Crippen LogP contribution in [-0.2, 0) is 6.42 Å². The van der Waals surface area contributed by atoms with E-state index >= 15 is 0 Å². The van der Waals surface area contributed by atoms with E-state index in [0.717, 1.165) is 38.2 Å². The zero-order chi connectivity index (χ0) is 14.3. The molecule has 1 rings (SSSR count). The number of hydrogen-bond donors (Lipinski definition) is 2. The molecule has 0 saturated heterocycles. The minimum absolute atomic E-state index is 0.230. The number of benzene rings is 1. The fraction of sp³-hybridized carbons (Fsp3) is 0.625. The Bertz CT molecular complexity index is 388. The molecule has 0 spiro atoms. The van der Waals surface area contributed by atoms with Crippen LogP contribution in [0.1, 0.15) is 31.4 Å². The number of ether oxygens (including phenoxy) is 1. The summed E-state index contributed by atoms with van der Waals surface area (Å²) in [6.07, 6.45) is 2.10. The van der Waals surface area contributed by atoms with Crippen LogP contribution in [0.3, 0.4) is 0 Å². The Morgan fingerprint density at radius 1 is 1.26 bits per heavy atom. The van der Waals surface area contributed by atoms with E-state index in [1.807, 2.05) is 6.07 Å². The van der Waals surface area contributed by atoms with Crippen LogP contribution in [0.25, 0.3) is 0 Å². The zero-order valence-electron chi connectivity index (χ0n) is 12.8. The third-order valence-electron chi connectivity index (χ3n) is 3.54. The van der Waals surface area contributed by atoms with Crippen molar-refractivity contribution in [2.75, 3.05) is 26.7 Å². The van der Waals surface area contributed by atoms with Crippen molar-refractivity contribution in [3.8, 4) is 5.75 Å². The van der Waals surface area contributed by atoms with Gasteiger partial charge < -0.3 is 15.8 Å². The first-order valence-corrected chi connectivity index (χ1v) is 7.03. The normalized spacial score (nSPS) is 11.6. The van der Waals surface area contributed by atoms with Gasteiger partial charge >= 0.3 is 0 Å². The molecule has 0 aromatic heterocycles. The Morgan fingerprint density at radius 3 is 2.63 bits per heavy atom. The van der Waals surface area contributed by atoms with Crippen molar-refractivity contribution < 1.29 is 4.74 Å². The molecular formula is C16H28N2O. The van der Waals surface area contributed by atoms with Crippen molar-refractivity contribution in [1.82, 2.24) is 5.32 Å². The van der Waals surface area contributed by atoms with E-state index in [-0.39, 0.29) is 5.41 Å². The van der Waals surface area contributed by atoms with Gasteiger partial charge in [0.2, 0.25) is 0 Å². The van der Waals surface area contributed by atoms with Gasteiger partial charge in [-0.3, -0.25) is 0 Å². The summed E-state index contributed by atoms with van der Waals surface area (Å²) in [6.45, 7) is 9.25. The molecule has 3 heteroatoms. The molecule has 1 aromatic carbocycles. The van der Waals surface area contributed by atoms with Gasteiger partial charge in [0.05, 0.1) is 7.11 Å². The van der Waals surface area contributed by atoms with Crippen LogP contribution in [0.5, 0.6) is 5.75 Å². The van der Waals surface area contributed by atoms with E-state index in [1.54, 1.807) is 7.11 Å². The molecule has 0 saturated carbocycles. The average molecular weight is 264 g/mol. The number of nitrogens with two attached hydrogens (primary N) is 1. The standard InChI is InChI=1S/C16H28N2O/c1-13-5-6-15(19-4)14(11-13)7-9-18-10-8-16(2,3)12-17/h5-6,11,18H,7-10,12,17H2,1-4H3. The summed E-state index contributed by atoms with van der Waals surface area (Å²) in [5, 5.41) is 3.48. The molecule has 0 fully saturated rings. The van der Waals surface area contributed by atoms with Gasteiger partial charge in [0.1, 0.15) is 5.75 Å². The van der Waals surface area contributed by atoms with Crippen LogP contribution < -0.4 is 15.8 Å². The van der Waals surface area contributed by atoms with Gasteiger partial charge in [-0.2, -0.15) is 0 Å². The lowest BCUT2D eigenvalue weighted by atomic mass is 9.90. The van der Waals surface area contributed by atoms with Gasteiger partial charge in [-0.15, -0.1) is 0 Å². The first kappa shape index (κ1) is 16.0. The van der Waals surface area contributed by atoms with Gasteiger partial charge in [-0.05, 0) is 56.4 Å². The molecule has 3 nitrogen and oxygen atoms in total. The lowest BCUT2D eigenvalue weighted by molar-refractivity contribution is 0.339. The fourth-order valence-electron chi connectivity index (χ4n) is 1.98. The van der Waals surface area contributed by atoms with Gasteiger partial charge in [-0.1, -0.05) is 31.5 Å². The highest BCUT2D eigenvalue weighted by molar-refractivity contribution is 5.37. The minimum atomic E-state index is 0.230. The van der Waals surface area contributed by atoms with E-state index in [0.29, 0.717) is 0 Å². The lowest BCUT2D eigenvalue weighted by Crippen LogP contribution is -2.29. The number of rotatable bonds is 8. The van der Waals surface area contributed by atoms with E-state index in [9.17, 15) is 0 Å². The highest BCUT2D eigenvalue weighted by atomic mass is 16.5. The summed E-state index contributed by atoms with van der Waals surface area (Å²) in [6, 6.07) is 6.33. The van der Waals surface area contributed by atoms with E-state index in [1.165, 1.54) is 11.1 Å². The molecule has 108 valence electrons. The molecule has 0 radical (unpaired) electrons. The maximum Gasteiger partial charge on any atom is 0.122 e. The Kier molecular flexibility index (Phi) is 6.32.